The highest BCUT2D eigenvalue weighted by molar-refractivity contribution is 7.86. The van der Waals surface area contributed by atoms with Crippen LogP contribution in [-0.2, 0) is 30.4 Å². The monoisotopic (exact) mass is 602 g/mol. The molecule has 0 aliphatic rings. The average molecular weight is 603 g/mol. The van der Waals surface area contributed by atoms with Gasteiger partial charge in [0.15, 0.2) is 0 Å². The standard InChI is InChI=1S/C24H18N4O9S3/c25-16-8-6-14(22(12-16)39(32,33)34)4-5-15-7-9-17(13-23(15)40(35,36)37)28-26-20-11-10-18-19(24(20)27-28)2-1-3-21(18)38(29,30)31/h1-13H,25H2,(H,29,30,31)(H,32,33,34)(H,35,36,37)/b5-4+. The maximum atomic E-state index is 12.2. The smallest absolute Gasteiger partial charge is 0.295 e. The molecule has 5 aromatic rings. The first-order valence-electron chi connectivity index (χ1n) is 11.1. The van der Waals surface area contributed by atoms with E-state index >= 15 is 0 Å². The van der Waals surface area contributed by atoms with Crippen LogP contribution < -0.4 is 5.73 Å². The number of nitrogen functional groups attached to an aromatic ring is 1. The fourth-order valence-electron chi connectivity index (χ4n) is 4.15. The highest BCUT2D eigenvalue weighted by Gasteiger charge is 2.20. The topological polar surface area (TPSA) is 220 Å². The van der Waals surface area contributed by atoms with Crippen LogP contribution in [0, 0.1) is 0 Å². The molecule has 0 amide bonds. The van der Waals surface area contributed by atoms with E-state index in [4.69, 9.17) is 5.73 Å². The number of hydrogen-bond donors (Lipinski definition) is 4. The number of nitrogens with two attached hydrogens (primary N) is 1. The van der Waals surface area contributed by atoms with E-state index in [1.807, 2.05) is 0 Å². The summed E-state index contributed by atoms with van der Waals surface area (Å²) in [5, 5.41) is 9.24. The first-order chi connectivity index (χ1) is 18.6. The van der Waals surface area contributed by atoms with Crippen LogP contribution >= 0.6 is 0 Å². The summed E-state index contributed by atoms with van der Waals surface area (Å²) in [4.78, 5) is -0.275. The molecule has 5 rings (SSSR count). The van der Waals surface area contributed by atoms with Gasteiger partial charge in [0.2, 0.25) is 0 Å². The number of anilines is 1. The van der Waals surface area contributed by atoms with Gasteiger partial charge in [-0.1, -0.05) is 42.5 Å². The van der Waals surface area contributed by atoms with E-state index in [1.54, 1.807) is 6.07 Å². The minimum absolute atomic E-state index is 0.0122. The Morgan fingerprint density at radius 3 is 1.88 bits per heavy atom. The molecule has 0 fully saturated rings. The summed E-state index contributed by atoms with van der Waals surface area (Å²) in [6.07, 6.45) is 2.45. The summed E-state index contributed by atoms with van der Waals surface area (Å²) >= 11 is 0. The van der Waals surface area contributed by atoms with E-state index < -0.39 is 40.1 Å². The second-order valence-corrected chi connectivity index (χ2v) is 12.7. The van der Waals surface area contributed by atoms with Gasteiger partial charge in [-0.2, -0.15) is 30.0 Å². The molecule has 0 bridgehead atoms. The second-order valence-electron chi connectivity index (χ2n) is 8.55. The Balaban J connectivity index is 1.63. The van der Waals surface area contributed by atoms with Crippen molar-refractivity contribution in [3.63, 3.8) is 0 Å². The van der Waals surface area contributed by atoms with E-state index in [-0.39, 0.29) is 38.3 Å². The minimum Gasteiger partial charge on any atom is -0.399 e. The number of hydrogen-bond acceptors (Lipinski definition) is 9. The largest absolute Gasteiger partial charge is 0.399 e. The fraction of sp³-hybridized carbons (Fsp3) is 0. The van der Waals surface area contributed by atoms with E-state index in [0.717, 1.165) is 16.9 Å². The number of nitrogens with zero attached hydrogens (tertiary/aromatic N) is 3. The Kier molecular flexibility index (Phi) is 6.48. The zero-order valence-electron chi connectivity index (χ0n) is 19.9. The van der Waals surface area contributed by atoms with E-state index in [2.05, 4.69) is 10.2 Å². The lowest BCUT2D eigenvalue weighted by Gasteiger charge is -2.07. The van der Waals surface area contributed by atoms with Gasteiger partial charge >= 0.3 is 0 Å². The van der Waals surface area contributed by atoms with Crippen LogP contribution in [0.1, 0.15) is 11.1 Å². The van der Waals surface area contributed by atoms with Crippen molar-refractivity contribution >= 4 is 70.0 Å². The van der Waals surface area contributed by atoms with Gasteiger partial charge in [0.1, 0.15) is 25.7 Å². The van der Waals surface area contributed by atoms with Crippen molar-refractivity contribution in [2.24, 2.45) is 0 Å². The van der Waals surface area contributed by atoms with Crippen molar-refractivity contribution in [1.82, 2.24) is 15.0 Å². The summed E-state index contributed by atoms with van der Waals surface area (Å²) in [6.45, 7) is 0. The lowest BCUT2D eigenvalue weighted by molar-refractivity contribution is 0.480. The Morgan fingerprint density at radius 1 is 0.650 bits per heavy atom. The van der Waals surface area contributed by atoms with Gasteiger partial charge in [0, 0.05) is 16.5 Å². The maximum absolute atomic E-state index is 12.2. The van der Waals surface area contributed by atoms with Crippen molar-refractivity contribution in [2.75, 3.05) is 5.73 Å². The second kappa shape index (κ2) is 9.47. The number of rotatable bonds is 6. The molecule has 40 heavy (non-hydrogen) atoms. The van der Waals surface area contributed by atoms with Crippen molar-refractivity contribution < 1.29 is 38.9 Å². The van der Waals surface area contributed by atoms with Crippen molar-refractivity contribution in [3.05, 3.63) is 77.9 Å². The van der Waals surface area contributed by atoms with Gasteiger partial charge in [-0.25, -0.2) is 0 Å². The van der Waals surface area contributed by atoms with Crippen LogP contribution in [0.4, 0.5) is 5.69 Å². The molecule has 0 atom stereocenters. The molecule has 0 saturated carbocycles. The first kappa shape index (κ1) is 27.4. The highest BCUT2D eigenvalue weighted by atomic mass is 32.2. The van der Waals surface area contributed by atoms with Crippen LogP contribution in [0.2, 0.25) is 0 Å². The zero-order chi connectivity index (χ0) is 29.0. The van der Waals surface area contributed by atoms with E-state index in [0.29, 0.717) is 10.9 Å². The molecule has 1 heterocycles. The molecule has 206 valence electrons. The number of fused-ring (bicyclic) bond motifs is 3. The molecule has 0 aliphatic carbocycles. The molecule has 0 spiro atoms. The van der Waals surface area contributed by atoms with E-state index in [1.165, 1.54) is 60.7 Å². The predicted octanol–water partition coefficient (Wildman–Crippen LogP) is 3.07. The Bertz CT molecular complexity index is 2210. The van der Waals surface area contributed by atoms with Crippen LogP contribution in [0.15, 0.2) is 81.4 Å². The number of aromatic nitrogens is 3. The number of benzene rings is 4. The molecule has 0 radical (unpaired) electrons. The summed E-state index contributed by atoms with van der Waals surface area (Å²) in [6, 6.07) is 14.8. The lowest BCUT2D eigenvalue weighted by atomic mass is 10.1. The Hall–Kier alpha value is -4.19. The quantitative estimate of drug-likeness (QED) is 0.125. The molecule has 0 unspecified atom stereocenters. The molecule has 4 aromatic carbocycles. The lowest BCUT2D eigenvalue weighted by Crippen LogP contribution is -2.05. The molecular formula is C24H18N4O9S3. The SMILES string of the molecule is Nc1ccc(/C=C/c2ccc(-n3nc4ccc5c(S(=O)(=O)O)cccc5c4n3)cc2S(=O)(=O)O)c(S(=O)(=O)O)c1. The third kappa shape index (κ3) is 5.18. The maximum Gasteiger partial charge on any atom is 0.295 e. The van der Waals surface area contributed by atoms with Crippen molar-refractivity contribution in [3.8, 4) is 5.69 Å². The summed E-state index contributed by atoms with van der Waals surface area (Å²) < 4.78 is 100. The molecule has 13 nitrogen and oxygen atoms in total. The van der Waals surface area contributed by atoms with Crippen LogP contribution in [0.25, 0.3) is 39.6 Å². The van der Waals surface area contributed by atoms with Gasteiger partial charge in [-0.3, -0.25) is 13.7 Å². The van der Waals surface area contributed by atoms with Gasteiger partial charge in [-0.05, 0) is 47.5 Å². The van der Waals surface area contributed by atoms with Crippen molar-refractivity contribution in [1.29, 1.82) is 0 Å². The Labute approximate surface area is 227 Å². The molecule has 0 saturated heterocycles. The third-order valence-electron chi connectivity index (χ3n) is 5.91. The summed E-state index contributed by atoms with van der Waals surface area (Å²) in [7, 11) is -14.0. The molecule has 1 aromatic heterocycles. The minimum atomic E-state index is -4.80. The summed E-state index contributed by atoms with van der Waals surface area (Å²) in [5.41, 5.74) is 6.39. The first-order valence-corrected chi connectivity index (χ1v) is 15.4. The highest BCUT2D eigenvalue weighted by Crippen LogP contribution is 2.30. The van der Waals surface area contributed by atoms with Gasteiger partial charge in [-0.15, -0.1) is 10.2 Å². The van der Waals surface area contributed by atoms with Crippen LogP contribution in [0.3, 0.4) is 0 Å². The molecule has 5 N–H and O–H groups in total. The predicted molar refractivity (Wildman–Crippen MR) is 146 cm³/mol. The van der Waals surface area contributed by atoms with Crippen LogP contribution in [0.5, 0.6) is 0 Å². The zero-order valence-corrected chi connectivity index (χ0v) is 22.4. The molecule has 16 heteroatoms. The van der Waals surface area contributed by atoms with Gasteiger partial charge in [0.05, 0.1) is 5.69 Å². The van der Waals surface area contributed by atoms with Gasteiger partial charge in [0.25, 0.3) is 30.4 Å². The Morgan fingerprint density at radius 2 is 1.25 bits per heavy atom. The van der Waals surface area contributed by atoms with Gasteiger partial charge < -0.3 is 5.73 Å². The van der Waals surface area contributed by atoms with Crippen LogP contribution in [-0.4, -0.2) is 53.9 Å². The normalized spacial score (nSPS) is 13.0. The average Bonchev–Trinajstić information content (AvgIpc) is 3.31. The molecular weight excluding hydrogens is 584 g/mol. The summed E-state index contributed by atoms with van der Waals surface area (Å²) in [5.74, 6) is 0. The van der Waals surface area contributed by atoms with E-state index in [9.17, 15) is 38.9 Å². The third-order valence-corrected chi connectivity index (χ3v) is 8.64. The van der Waals surface area contributed by atoms with Crippen molar-refractivity contribution in [2.45, 2.75) is 14.7 Å². The molecule has 0 aliphatic heterocycles. The fourth-order valence-corrected chi connectivity index (χ4v) is 6.28.